The summed E-state index contributed by atoms with van der Waals surface area (Å²) < 4.78 is 0. The highest BCUT2D eigenvalue weighted by Crippen LogP contribution is 2.24. The van der Waals surface area contributed by atoms with E-state index >= 15 is 0 Å². The van der Waals surface area contributed by atoms with Crippen LogP contribution in [0.15, 0.2) is 66.7 Å². The summed E-state index contributed by atoms with van der Waals surface area (Å²) in [6.07, 6.45) is 0. The van der Waals surface area contributed by atoms with Crippen LogP contribution in [0.1, 0.15) is 42.3 Å². The molecule has 2 N–H and O–H groups in total. The molecule has 7 heteroatoms. The Hall–Kier alpha value is -3.51. The van der Waals surface area contributed by atoms with Gasteiger partial charge in [0.1, 0.15) is 0 Å². The smallest absolute Gasteiger partial charge is 0.323 e. The second kappa shape index (κ2) is 10.6. The van der Waals surface area contributed by atoms with Gasteiger partial charge in [-0.1, -0.05) is 50.6 Å². The molecule has 1 aliphatic heterocycles. The van der Waals surface area contributed by atoms with Gasteiger partial charge in [-0.05, 0) is 72.0 Å². The molecule has 36 heavy (non-hydrogen) atoms. The van der Waals surface area contributed by atoms with Crippen molar-refractivity contribution < 1.29 is 9.59 Å². The SMILES string of the molecule is Cc1ccc(NC(=O)Nc2ccc(N3CCN(C(=O)c4ccc(C(C)(C)C)cc4)CC3)cc2)cc1Cl. The highest BCUT2D eigenvalue weighted by Gasteiger charge is 2.23. The zero-order valence-electron chi connectivity index (χ0n) is 21.3. The first kappa shape index (κ1) is 25.6. The standard InChI is InChI=1S/C29H33ClN4O2/c1-20-5-10-24(19-26(20)30)32-28(36)31-23-11-13-25(14-12-23)33-15-17-34(18-16-33)27(35)21-6-8-22(9-7-21)29(2,3)4/h5-14,19H,15-18H2,1-4H3,(H2,31,32,36). The number of urea groups is 1. The van der Waals surface area contributed by atoms with Crippen LogP contribution < -0.4 is 15.5 Å². The quantitative estimate of drug-likeness (QED) is 0.423. The van der Waals surface area contributed by atoms with Crippen molar-refractivity contribution in [1.29, 1.82) is 0 Å². The van der Waals surface area contributed by atoms with Gasteiger partial charge in [-0.25, -0.2) is 4.79 Å². The highest BCUT2D eigenvalue weighted by atomic mass is 35.5. The van der Waals surface area contributed by atoms with Crippen LogP contribution in [0.3, 0.4) is 0 Å². The molecule has 0 aromatic heterocycles. The van der Waals surface area contributed by atoms with Gasteiger partial charge in [0.25, 0.3) is 5.91 Å². The van der Waals surface area contributed by atoms with E-state index in [1.165, 1.54) is 5.56 Å². The van der Waals surface area contributed by atoms with E-state index < -0.39 is 0 Å². The minimum absolute atomic E-state index is 0.0669. The third-order valence-electron chi connectivity index (χ3n) is 6.48. The van der Waals surface area contributed by atoms with Crippen molar-refractivity contribution in [3.05, 3.63) is 88.4 Å². The lowest BCUT2D eigenvalue weighted by Crippen LogP contribution is -2.48. The third kappa shape index (κ3) is 6.18. The van der Waals surface area contributed by atoms with E-state index in [9.17, 15) is 9.59 Å². The number of anilines is 3. The average Bonchev–Trinajstić information content (AvgIpc) is 2.86. The minimum Gasteiger partial charge on any atom is -0.368 e. The summed E-state index contributed by atoms with van der Waals surface area (Å²) in [4.78, 5) is 29.5. The maximum absolute atomic E-state index is 13.0. The van der Waals surface area contributed by atoms with Crippen LogP contribution in [0.2, 0.25) is 5.02 Å². The van der Waals surface area contributed by atoms with Crippen LogP contribution in [-0.2, 0) is 5.41 Å². The Bertz CT molecular complexity index is 1230. The van der Waals surface area contributed by atoms with E-state index in [-0.39, 0.29) is 17.4 Å². The Morgan fingerprint density at radius 2 is 1.39 bits per heavy atom. The largest absolute Gasteiger partial charge is 0.368 e. The molecule has 1 aliphatic rings. The Labute approximate surface area is 218 Å². The monoisotopic (exact) mass is 504 g/mol. The van der Waals surface area contributed by atoms with Crippen molar-refractivity contribution in [2.24, 2.45) is 0 Å². The molecule has 3 amide bonds. The number of halogens is 1. The van der Waals surface area contributed by atoms with E-state index in [0.717, 1.165) is 29.9 Å². The van der Waals surface area contributed by atoms with Crippen LogP contribution >= 0.6 is 11.6 Å². The second-order valence-electron chi connectivity index (χ2n) is 10.2. The van der Waals surface area contributed by atoms with Crippen LogP contribution in [-0.4, -0.2) is 43.0 Å². The molecule has 0 radical (unpaired) electrons. The van der Waals surface area contributed by atoms with Crippen LogP contribution in [0, 0.1) is 6.92 Å². The molecular formula is C29H33ClN4O2. The second-order valence-corrected chi connectivity index (χ2v) is 10.6. The summed E-state index contributed by atoms with van der Waals surface area (Å²) in [7, 11) is 0. The molecule has 0 unspecified atom stereocenters. The fraction of sp³-hybridized carbons (Fsp3) is 0.310. The third-order valence-corrected chi connectivity index (χ3v) is 6.89. The van der Waals surface area contributed by atoms with E-state index in [1.807, 2.05) is 60.4 Å². The number of amides is 3. The molecule has 0 atom stereocenters. The number of nitrogens with zero attached hydrogens (tertiary/aromatic N) is 2. The van der Waals surface area contributed by atoms with E-state index in [0.29, 0.717) is 29.5 Å². The van der Waals surface area contributed by atoms with Crippen LogP contribution in [0.25, 0.3) is 0 Å². The number of hydrogen-bond donors (Lipinski definition) is 2. The number of piperazine rings is 1. The molecule has 3 aromatic rings. The van der Waals surface area contributed by atoms with Crippen molar-refractivity contribution in [3.8, 4) is 0 Å². The van der Waals surface area contributed by atoms with Gasteiger partial charge >= 0.3 is 6.03 Å². The van der Waals surface area contributed by atoms with E-state index in [1.54, 1.807) is 6.07 Å². The molecule has 0 saturated carbocycles. The highest BCUT2D eigenvalue weighted by molar-refractivity contribution is 6.31. The van der Waals surface area contributed by atoms with Gasteiger partial charge in [-0.2, -0.15) is 0 Å². The Morgan fingerprint density at radius 1 is 0.806 bits per heavy atom. The van der Waals surface area contributed by atoms with Crippen LogP contribution in [0.4, 0.5) is 21.9 Å². The van der Waals surface area contributed by atoms with Gasteiger partial charge in [0.15, 0.2) is 0 Å². The number of carbonyl (C=O) groups excluding carboxylic acids is 2. The predicted octanol–water partition coefficient (Wildman–Crippen LogP) is 6.55. The van der Waals surface area contributed by atoms with Crippen LogP contribution in [0.5, 0.6) is 0 Å². The number of nitrogens with one attached hydrogen (secondary N) is 2. The predicted molar refractivity (Wildman–Crippen MR) is 149 cm³/mol. The Kier molecular flexibility index (Phi) is 7.55. The summed E-state index contributed by atoms with van der Waals surface area (Å²) >= 11 is 6.13. The number of aryl methyl sites for hydroxylation is 1. The lowest BCUT2D eigenvalue weighted by Gasteiger charge is -2.36. The number of hydrogen-bond acceptors (Lipinski definition) is 3. The van der Waals surface area contributed by atoms with Gasteiger partial charge < -0.3 is 20.4 Å². The minimum atomic E-state index is -0.328. The first-order valence-corrected chi connectivity index (χ1v) is 12.6. The summed E-state index contributed by atoms with van der Waals surface area (Å²) in [5, 5.41) is 6.25. The first-order chi connectivity index (χ1) is 17.1. The molecule has 0 aliphatic carbocycles. The van der Waals surface area contributed by atoms with Crippen molar-refractivity contribution in [2.75, 3.05) is 41.7 Å². The Balaban J connectivity index is 1.29. The fourth-order valence-electron chi connectivity index (χ4n) is 4.18. The van der Waals surface area contributed by atoms with Gasteiger partial charge in [0, 0.05) is 53.8 Å². The topological polar surface area (TPSA) is 64.7 Å². The summed E-state index contributed by atoms with van der Waals surface area (Å²) in [5.41, 5.74) is 5.37. The Morgan fingerprint density at radius 3 is 1.97 bits per heavy atom. The molecule has 0 bridgehead atoms. The van der Waals surface area contributed by atoms with Gasteiger partial charge in [-0.15, -0.1) is 0 Å². The summed E-state index contributed by atoms with van der Waals surface area (Å²) in [5.74, 6) is 0.0792. The molecule has 1 saturated heterocycles. The van der Waals surface area contributed by atoms with Crippen molar-refractivity contribution in [2.45, 2.75) is 33.1 Å². The molecule has 6 nitrogen and oxygen atoms in total. The maximum atomic E-state index is 13.0. The zero-order chi connectivity index (χ0) is 25.9. The average molecular weight is 505 g/mol. The summed E-state index contributed by atoms with van der Waals surface area (Å²) in [6, 6.07) is 20.8. The van der Waals surface area contributed by atoms with Crippen molar-refractivity contribution in [3.63, 3.8) is 0 Å². The van der Waals surface area contributed by atoms with Crippen molar-refractivity contribution >= 4 is 40.6 Å². The number of carbonyl (C=O) groups is 2. The fourth-order valence-corrected chi connectivity index (χ4v) is 4.36. The zero-order valence-corrected chi connectivity index (χ0v) is 22.0. The molecule has 1 fully saturated rings. The lowest BCUT2D eigenvalue weighted by atomic mass is 9.86. The van der Waals surface area contributed by atoms with Gasteiger partial charge in [0.05, 0.1) is 0 Å². The molecule has 188 valence electrons. The van der Waals surface area contributed by atoms with Crippen molar-refractivity contribution in [1.82, 2.24) is 4.90 Å². The van der Waals surface area contributed by atoms with E-state index in [2.05, 4.69) is 48.4 Å². The van der Waals surface area contributed by atoms with Gasteiger partial charge in [-0.3, -0.25) is 4.79 Å². The van der Waals surface area contributed by atoms with Gasteiger partial charge in [0.2, 0.25) is 0 Å². The molecule has 3 aromatic carbocycles. The molecule has 0 spiro atoms. The lowest BCUT2D eigenvalue weighted by molar-refractivity contribution is 0.0746. The number of benzene rings is 3. The molecule has 4 rings (SSSR count). The number of rotatable bonds is 4. The first-order valence-electron chi connectivity index (χ1n) is 12.2. The maximum Gasteiger partial charge on any atom is 0.323 e. The van der Waals surface area contributed by atoms with E-state index in [4.69, 9.17) is 11.6 Å². The molecule has 1 heterocycles. The molecular weight excluding hydrogens is 472 g/mol. The normalized spacial score (nSPS) is 13.9. The summed E-state index contributed by atoms with van der Waals surface area (Å²) in [6.45, 7) is 11.3.